The van der Waals surface area contributed by atoms with Gasteiger partial charge < -0.3 is 15.0 Å². The molecule has 1 aliphatic rings. The van der Waals surface area contributed by atoms with Crippen LogP contribution in [-0.2, 0) is 9.53 Å². The number of carbonyl (C=O) groups is 1. The maximum Gasteiger partial charge on any atom is 0.292 e. The lowest BCUT2D eigenvalue weighted by atomic mass is 10.2. The van der Waals surface area contributed by atoms with Crippen molar-refractivity contribution in [1.29, 1.82) is 0 Å². The summed E-state index contributed by atoms with van der Waals surface area (Å²) in [5.74, 6) is 0. The number of ether oxygens (including phenoxy) is 1. The number of nitro benzene ring substituents is 1. The molecule has 0 radical (unpaired) electrons. The van der Waals surface area contributed by atoms with Gasteiger partial charge in [-0.15, -0.1) is 0 Å². The molecule has 7 nitrogen and oxygen atoms in total. The van der Waals surface area contributed by atoms with Crippen LogP contribution in [0, 0.1) is 10.1 Å². The van der Waals surface area contributed by atoms with Crippen LogP contribution < -0.4 is 10.2 Å². The number of anilines is 2. The first kappa shape index (κ1) is 12.3. The Hall–Kier alpha value is -2.15. The van der Waals surface area contributed by atoms with Crippen molar-refractivity contribution >= 4 is 23.5 Å². The lowest BCUT2D eigenvalue weighted by Gasteiger charge is -2.29. The highest BCUT2D eigenvalue weighted by molar-refractivity contribution is 5.80. The van der Waals surface area contributed by atoms with Crippen LogP contribution in [0.1, 0.15) is 0 Å². The number of hydrogen-bond donors (Lipinski definition) is 1. The second-order valence-corrected chi connectivity index (χ2v) is 3.82. The number of hydrogen-bond acceptors (Lipinski definition) is 5. The molecule has 1 heterocycles. The van der Waals surface area contributed by atoms with Crippen LogP contribution in [0.5, 0.6) is 0 Å². The lowest BCUT2D eigenvalue weighted by Crippen LogP contribution is -2.36. The highest BCUT2D eigenvalue weighted by Gasteiger charge is 2.17. The summed E-state index contributed by atoms with van der Waals surface area (Å²) >= 11 is 0. The van der Waals surface area contributed by atoms with Crippen LogP contribution in [0.3, 0.4) is 0 Å². The van der Waals surface area contributed by atoms with E-state index in [0.29, 0.717) is 19.6 Å². The Balaban J connectivity index is 2.29. The lowest BCUT2D eigenvalue weighted by molar-refractivity contribution is -0.383. The van der Waals surface area contributed by atoms with Gasteiger partial charge in [0.2, 0.25) is 6.41 Å². The Morgan fingerprint density at radius 3 is 2.72 bits per heavy atom. The van der Waals surface area contributed by atoms with Gasteiger partial charge in [-0.05, 0) is 12.1 Å². The van der Waals surface area contributed by atoms with E-state index in [1.165, 1.54) is 6.07 Å². The molecule has 0 spiro atoms. The largest absolute Gasteiger partial charge is 0.378 e. The summed E-state index contributed by atoms with van der Waals surface area (Å²) in [5.41, 5.74) is 0.936. The van der Waals surface area contributed by atoms with Crippen LogP contribution in [0.15, 0.2) is 18.2 Å². The van der Waals surface area contributed by atoms with E-state index in [-0.39, 0.29) is 11.4 Å². The van der Waals surface area contributed by atoms with Gasteiger partial charge >= 0.3 is 0 Å². The highest BCUT2D eigenvalue weighted by Crippen LogP contribution is 2.29. The summed E-state index contributed by atoms with van der Waals surface area (Å²) in [5, 5.41) is 13.2. The molecule has 1 aromatic rings. The van der Waals surface area contributed by atoms with Crippen LogP contribution in [-0.4, -0.2) is 37.6 Å². The molecule has 0 bridgehead atoms. The van der Waals surface area contributed by atoms with Crippen molar-refractivity contribution in [1.82, 2.24) is 0 Å². The summed E-state index contributed by atoms with van der Waals surface area (Å²) < 4.78 is 5.24. The molecule has 96 valence electrons. The molecule has 0 atom stereocenters. The Kier molecular flexibility index (Phi) is 3.73. The summed E-state index contributed by atoms with van der Waals surface area (Å²) in [6.45, 7) is 2.73. The Morgan fingerprint density at radius 2 is 2.11 bits per heavy atom. The standard InChI is InChI=1S/C11H13N3O4/c15-8-12-10-7-9(1-2-11(10)14(16)17)13-3-5-18-6-4-13/h1-2,7-8H,3-6H2,(H,12,15). The first-order valence-corrected chi connectivity index (χ1v) is 5.53. The van der Waals surface area contributed by atoms with E-state index in [1.54, 1.807) is 12.1 Å². The fourth-order valence-electron chi connectivity index (χ4n) is 1.88. The Labute approximate surface area is 103 Å². The third-order valence-electron chi connectivity index (χ3n) is 2.77. The summed E-state index contributed by atoms with van der Waals surface area (Å²) in [6.07, 6.45) is 0.436. The number of rotatable bonds is 4. The molecule has 1 saturated heterocycles. The second kappa shape index (κ2) is 5.46. The van der Waals surface area contributed by atoms with Crippen LogP contribution >= 0.6 is 0 Å². The average molecular weight is 251 g/mol. The zero-order chi connectivity index (χ0) is 13.0. The summed E-state index contributed by atoms with van der Waals surface area (Å²) in [4.78, 5) is 22.8. The van der Waals surface area contributed by atoms with E-state index in [2.05, 4.69) is 10.2 Å². The van der Waals surface area contributed by atoms with Crippen molar-refractivity contribution in [2.75, 3.05) is 36.5 Å². The predicted octanol–water partition coefficient (Wildman–Crippen LogP) is 1.000. The third kappa shape index (κ3) is 2.57. The van der Waals surface area contributed by atoms with Crippen LogP contribution in [0.4, 0.5) is 17.1 Å². The molecule has 2 rings (SSSR count). The van der Waals surface area contributed by atoms with Crippen LogP contribution in [0.25, 0.3) is 0 Å². The first-order chi connectivity index (χ1) is 8.72. The van der Waals surface area contributed by atoms with E-state index < -0.39 is 4.92 Å². The number of amides is 1. The monoisotopic (exact) mass is 251 g/mol. The van der Waals surface area contributed by atoms with Gasteiger partial charge in [0.05, 0.1) is 18.1 Å². The smallest absolute Gasteiger partial charge is 0.292 e. The number of nitrogens with zero attached hydrogens (tertiary/aromatic N) is 2. The molecular formula is C11H13N3O4. The van der Waals surface area contributed by atoms with E-state index in [0.717, 1.165) is 18.8 Å². The van der Waals surface area contributed by atoms with Gasteiger partial charge in [-0.2, -0.15) is 0 Å². The Morgan fingerprint density at radius 1 is 1.39 bits per heavy atom. The predicted molar refractivity (Wildman–Crippen MR) is 65.8 cm³/mol. The summed E-state index contributed by atoms with van der Waals surface area (Å²) in [6, 6.07) is 4.69. The first-order valence-electron chi connectivity index (χ1n) is 5.53. The molecule has 0 aliphatic carbocycles. The molecular weight excluding hydrogens is 238 g/mol. The molecule has 1 aromatic carbocycles. The molecule has 1 N–H and O–H groups in total. The maximum atomic E-state index is 10.8. The van der Waals surface area contributed by atoms with E-state index in [9.17, 15) is 14.9 Å². The normalized spacial score (nSPS) is 15.2. The molecule has 7 heteroatoms. The minimum Gasteiger partial charge on any atom is -0.378 e. The van der Waals surface area contributed by atoms with Gasteiger partial charge in [0, 0.05) is 24.8 Å². The fraction of sp³-hybridized carbons (Fsp3) is 0.364. The molecule has 0 aromatic heterocycles. The number of nitrogens with one attached hydrogen (secondary N) is 1. The third-order valence-corrected chi connectivity index (χ3v) is 2.77. The zero-order valence-corrected chi connectivity index (χ0v) is 9.67. The molecule has 0 saturated carbocycles. The van der Waals surface area contributed by atoms with E-state index >= 15 is 0 Å². The van der Waals surface area contributed by atoms with Crippen molar-refractivity contribution in [3.63, 3.8) is 0 Å². The van der Waals surface area contributed by atoms with Crippen LogP contribution in [0.2, 0.25) is 0 Å². The molecule has 18 heavy (non-hydrogen) atoms. The fourth-order valence-corrected chi connectivity index (χ4v) is 1.88. The molecule has 1 amide bonds. The van der Waals surface area contributed by atoms with Gasteiger partial charge in [0.1, 0.15) is 5.69 Å². The summed E-state index contributed by atoms with van der Waals surface area (Å²) in [7, 11) is 0. The van der Waals surface area contributed by atoms with Crippen molar-refractivity contribution in [2.24, 2.45) is 0 Å². The minimum absolute atomic E-state index is 0.112. The van der Waals surface area contributed by atoms with E-state index in [1.807, 2.05) is 0 Å². The number of carbonyl (C=O) groups excluding carboxylic acids is 1. The topological polar surface area (TPSA) is 84.7 Å². The van der Waals surface area contributed by atoms with Gasteiger partial charge in [-0.25, -0.2) is 0 Å². The average Bonchev–Trinajstić information content (AvgIpc) is 2.40. The van der Waals surface area contributed by atoms with Gasteiger partial charge in [-0.3, -0.25) is 14.9 Å². The van der Waals surface area contributed by atoms with Crippen molar-refractivity contribution in [3.8, 4) is 0 Å². The van der Waals surface area contributed by atoms with Gasteiger partial charge in [0.15, 0.2) is 0 Å². The van der Waals surface area contributed by atoms with Crippen molar-refractivity contribution in [2.45, 2.75) is 0 Å². The van der Waals surface area contributed by atoms with Gasteiger partial charge in [0.25, 0.3) is 5.69 Å². The second-order valence-electron chi connectivity index (χ2n) is 3.82. The Bertz CT molecular complexity index is 458. The number of nitro groups is 1. The maximum absolute atomic E-state index is 10.8. The molecule has 0 unspecified atom stereocenters. The van der Waals surface area contributed by atoms with Crippen molar-refractivity contribution in [3.05, 3.63) is 28.3 Å². The highest BCUT2D eigenvalue weighted by atomic mass is 16.6. The van der Waals surface area contributed by atoms with E-state index in [4.69, 9.17) is 4.74 Å². The van der Waals surface area contributed by atoms with Crippen molar-refractivity contribution < 1.29 is 14.5 Å². The minimum atomic E-state index is -0.519. The quantitative estimate of drug-likeness (QED) is 0.490. The number of benzene rings is 1. The SMILES string of the molecule is O=CNc1cc(N2CCOCC2)ccc1[N+](=O)[O-]. The molecule has 1 aliphatic heterocycles. The number of morpholine rings is 1. The molecule has 1 fully saturated rings. The zero-order valence-electron chi connectivity index (χ0n) is 9.67. The van der Waals surface area contributed by atoms with Gasteiger partial charge in [-0.1, -0.05) is 0 Å².